The molecule has 3 rings (SSSR count). The molecule has 0 unspecified atom stereocenters. The Kier molecular flexibility index (Phi) is 4.85. The van der Waals surface area contributed by atoms with Crippen LogP contribution in [0.4, 0.5) is 0 Å². The summed E-state index contributed by atoms with van der Waals surface area (Å²) in [6.45, 7) is 0. The predicted molar refractivity (Wildman–Crippen MR) is 72.7 cm³/mol. The second-order valence-corrected chi connectivity index (χ2v) is 5.00. The van der Waals surface area contributed by atoms with Crippen molar-refractivity contribution in [1.29, 1.82) is 0 Å². The Labute approximate surface area is 123 Å². The molecule has 0 amide bonds. The van der Waals surface area contributed by atoms with Crippen LogP contribution in [0, 0.1) is 10.2 Å². The minimum absolute atomic E-state index is 0.902. The Hall–Kier alpha value is -2.02. The molecular weight excluding hydrogens is 296 g/mol. The third-order valence-electron chi connectivity index (χ3n) is 2.61. The fourth-order valence-electron chi connectivity index (χ4n) is 1.79. The summed E-state index contributed by atoms with van der Waals surface area (Å²) in [4.78, 5) is 0. The Balaban J connectivity index is 0.000000282. The van der Waals surface area contributed by atoms with E-state index in [2.05, 4.69) is 6.07 Å². The molecule has 1 aromatic heterocycles. The van der Waals surface area contributed by atoms with E-state index in [1.54, 1.807) is 0 Å². The molecule has 1 heterocycles. The molecule has 0 fully saturated rings. The molecule has 0 saturated heterocycles. The van der Waals surface area contributed by atoms with Crippen molar-refractivity contribution in [2.24, 2.45) is 0 Å². The third kappa shape index (κ3) is 5.11. The van der Waals surface area contributed by atoms with Crippen LogP contribution in [-0.2, 0) is 0 Å². The van der Waals surface area contributed by atoms with Gasteiger partial charge in [0.1, 0.15) is 0 Å². The van der Waals surface area contributed by atoms with Crippen molar-refractivity contribution < 1.29 is 33.3 Å². The molecule has 110 valence electrons. The van der Waals surface area contributed by atoms with Gasteiger partial charge in [-0.3, -0.25) is 0 Å². The molecule has 5 nitrogen and oxygen atoms in total. The van der Waals surface area contributed by atoms with E-state index in [1.807, 2.05) is 60.7 Å². The van der Waals surface area contributed by atoms with Gasteiger partial charge in [0.25, 0.3) is 0 Å². The van der Waals surface area contributed by atoms with Crippen molar-refractivity contribution in [3.8, 4) is 11.3 Å². The molecule has 3 aromatic rings. The molecular formula is C15H14ClO5+. The Morgan fingerprint density at radius 1 is 0.762 bits per heavy atom. The Bertz CT molecular complexity index is 704. The minimum atomic E-state index is -4.19. The average Bonchev–Trinajstić information content (AvgIpc) is 2.46. The van der Waals surface area contributed by atoms with Gasteiger partial charge in [0, 0.05) is 12.1 Å². The number of hydrogen-bond acceptors (Lipinski definition) is 4. The second-order valence-electron chi connectivity index (χ2n) is 4.14. The van der Waals surface area contributed by atoms with Gasteiger partial charge in [0.15, 0.2) is 0 Å². The van der Waals surface area contributed by atoms with E-state index < -0.39 is 10.2 Å². The molecule has 0 aliphatic heterocycles. The normalized spacial score (nSPS) is 11.6. The van der Waals surface area contributed by atoms with Crippen LogP contribution in [0.5, 0.6) is 0 Å². The minimum Gasteiger partial charge on any atom is -0.207 e. The largest absolute Gasteiger partial charge is 0.360 e. The van der Waals surface area contributed by atoms with Crippen molar-refractivity contribution in [2.75, 3.05) is 0 Å². The number of fused-ring (bicyclic) bond motifs is 1. The predicted octanol–water partition coefficient (Wildman–Crippen LogP) is 1.52. The molecule has 2 aromatic carbocycles. The van der Waals surface area contributed by atoms with Crippen molar-refractivity contribution in [3.63, 3.8) is 0 Å². The van der Waals surface area contributed by atoms with Crippen molar-refractivity contribution in [1.82, 2.24) is 0 Å². The van der Waals surface area contributed by atoms with Crippen LogP contribution in [0.1, 0.15) is 0 Å². The van der Waals surface area contributed by atoms with E-state index in [-0.39, 0.29) is 0 Å². The zero-order chi connectivity index (χ0) is 15.3. The third-order valence-corrected chi connectivity index (χ3v) is 2.61. The fraction of sp³-hybridized carbons (Fsp3) is 0. The summed E-state index contributed by atoms with van der Waals surface area (Å²) in [5.41, 5.74) is 2.03. The van der Waals surface area contributed by atoms with Crippen LogP contribution < -0.4 is 4.66 Å². The van der Waals surface area contributed by atoms with E-state index in [1.165, 1.54) is 0 Å². The van der Waals surface area contributed by atoms with Crippen LogP contribution in [-0.4, -0.2) is 14.0 Å². The van der Waals surface area contributed by atoms with Crippen LogP contribution in [0.2, 0.25) is 0 Å². The van der Waals surface area contributed by atoms with Gasteiger partial charge in [0.05, 0.1) is 10.9 Å². The van der Waals surface area contributed by atoms with E-state index in [4.69, 9.17) is 23.1 Å². The van der Waals surface area contributed by atoms with Gasteiger partial charge >= 0.3 is 40.2 Å². The molecule has 0 atom stereocenters. The Morgan fingerprint density at radius 2 is 1.33 bits per heavy atom. The molecule has 6 heteroatoms. The summed E-state index contributed by atoms with van der Waals surface area (Å²) in [6.07, 6.45) is 0. The van der Waals surface area contributed by atoms with Gasteiger partial charge in [-0.15, -0.1) is 0 Å². The number of para-hydroxylation sites is 1. The second kappa shape index (κ2) is 6.62. The zero-order valence-electron chi connectivity index (χ0n) is 10.9. The van der Waals surface area contributed by atoms with Crippen LogP contribution in [0.3, 0.4) is 0 Å². The molecule has 0 spiro atoms. The Morgan fingerprint density at radius 3 is 2.00 bits per heavy atom. The molecule has 21 heavy (non-hydrogen) atoms. The molecule has 0 radical (unpaired) electrons. The van der Waals surface area contributed by atoms with E-state index in [0.29, 0.717) is 0 Å². The SMILES string of the molecule is [O-][Cl+](O)(O)O.c1ccc(-c2ccc3ccccc3[o+]2)cc1. The van der Waals surface area contributed by atoms with Crippen molar-refractivity contribution in [3.05, 3.63) is 66.7 Å². The van der Waals surface area contributed by atoms with E-state index in [9.17, 15) is 0 Å². The molecule has 0 aliphatic rings. The average molecular weight is 310 g/mol. The summed E-state index contributed by atoms with van der Waals surface area (Å²) >= 11 is 0. The quantitative estimate of drug-likeness (QED) is 0.592. The monoisotopic (exact) mass is 309 g/mol. The smallest absolute Gasteiger partial charge is 0.207 e. The number of rotatable bonds is 1. The maximum atomic E-state index is 8.83. The summed E-state index contributed by atoms with van der Waals surface area (Å²) in [7, 11) is -4.19. The van der Waals surface area contributed by atoms with Gasteiger partial charge < -0.3 is 0 Å². The van der Waals surface area contributed by atoms with E-state index >= 15 is 0 Å². The molecule has 0 bridgehead atoms. The van der Waals surface area contributed by atoms with Crippen LogP contribution in [0.15, 0.2) is 71.1 Å². The number of hydrogen-bond donors (Lipinski definition) is 3. The molecule has 3 N–H and O–H groups in total. The summed E-state index contributed by atoms with van der Waals surface area (Å²) in [5.74, 6) is 0.902. The first-order valence-electron chi connectivity index (χ1n) is 5.97. The first-order chi connectivity index (χ1) is 9.93. The fourth-order valence-corrected chi connectivity index (χ4v) is 1.79. The van der Waals surface area contributed by atoms with Crippen LogP contribution >= 0.6 is 0 Å². The zero-order valence-corrected chi connectivity index (χ0v) is 11.6. The van der Waals surface area contributed by atoms with Gasteiger partial charge in [-0.1, -0.05) is 30.3 Å². The maximum absolute atomic E-state index is 8.83. The van der Waals surface area contributed by atoms with Gasteiger partial charge in [-0.2, -0.15) is 0 Å². The molecule has 0 saturated carbocycles. The van der Waals surface area contributed by atoms with Crippen LogP contribution in [0.25, 0.3) is 22.3 Å². The van der Waals surface area contributed by atoms with Gasteiger partial charge in [-0.25, -0.2) is 4.42 Å². The maximum Gasteiger partial charge on any atom is 0.360 e. The summed E-state index contributed by atoms with van der Waals surface area (Å²) in [6, 6.07) is 22.3. The molecule has 0 aliphatic carbocycles. The van der Waals surface area contributed by atoms with E-state index in [0.717, 1.165) is 22.3 Å². The van der Waals surface area contributed by atoms with Gasteiger partial charge in [0.2, 0.25) is 0 Å². The number of benzene rings is 2. The summed E-state index contributed by atoms with van der Waals surface area (Å²) < 4.78 is 36.1. The topological polar surface area (TPSA) is 95.0 Å². The standard InChI is InChI=1S/C15H11O.ClH3O4/c1-2-6-12(7-3-1)15-11-10-13-8-4-5-9-14(13)16-15;2-1(3,4)5/h1-11H;2-4H/q+1;. The summed E-state index contributed by atoms with van der Waals surface area (Å²) in [5, 5.41) is 1.13. The number of halogens is 1. The van der Waals surface area contributed by atoms with Crippen molar-refractivity contribution in [2.45, 2.75) is 0 Å². The van der Waals surface area contributed by atoms with Gasteiger partial charge in [-0.05, 0) is 24.3 Å². The first-order valence-corrected chi connectivity index (χ1v) is 7.29. The van der Waals surface area contributed by atoms with Crippen molar-refractivity contribution >= 4 is 11.0 Å². The first kappa shape index (κ1) is 15.4.